The van der Waals surface area contributed by atoms with Crippen LogP contribution >= 0.6 is 11.9 Å². The summed E-state index contributed by atoms with van der Waals surface area (Å²) in [6.07, 6.45) is 5.11. The van der Waals surface area contributed by atoms with Gasteiger partial charge in [0.1, 0.15) is 0 Å². The van der Waals surface area contributed by atoms with Gasteiger partial charge < -0.3 is 0 Å². The monoisotopic (exact) mass is 303 g/mol. The summed E-state index contributed by atoms with van der Waals surface area (Å²) in [7, 11) is 0. The third-order valence-electron chi connectivity index (χ3n) is 4.09. The second kappa shape index (κ2) is 5.76. The Labute approximate surface area is 114 Å². The average Bonchev–Trinajstić information content (AvgIpc) is 2.38. The van der Waals surface area contributed by atoms with Gasteiger partial charge in [0.05, 0.1) is 0 Å². The molecule has 1 heterocycles. The number of hydrogen-bond acceptors (Lipinski definition) is 2. The minimum atomic E-state index is -4.60. The highest BCUT2D eigenvalue weighted by molar-refractivity contribution is 7.98. The fourth-order valence-electron chi connectivity index (χ4n) is 2.96. The molecule has 1 aliphatic heterocycles. The van der Waals surface area contributed by atoms with E-state index in [1.54, 1.807) is 0 Å². The summed E-state index contributed by atoms with van der Waals surface area (Å²) in [4.78, 5) is 0. The van der Waals surface area contributed by atoms with Crippen molar-refractivity contribution in [3.05, 3.63) is 0 Å². The van der Waals surface area contributed by atoms with Crippen molar-refractivity contribution in [3.8, 4) is 0 Å². The molecule has 0 aromatic rings. The smallest absolute Gasteiger partial charge is 0.245 e. The molecule has 0 aromatic carbocycles. The van der Waals surface area contributed by atoms with Gasteiger partial charge >= 0.3 is 11.2 Å². The molecule has 7 heteroatoms. The molecule has 2 aliphatic rings. The second-order valence-corrected chi connectivity index (χ2v) is 6.64. The minimum absolute atomic E-state index is 0.180. The van der Waals surface area contributed by atoms with E-state index < -0.39 is 17.9 Å². The fourth-order valence-corrected chi connectivity index (χ4v) is 3.93. The molecule has 0 N–H and O–H groups in total. The predicted molar refractivity (Wildman–Crippen MR) is 65.1 cm³/mol. The number of halogens is 5. The van der Waals surface area contributed by atoms with Crippen LogP contribution in [0.5, 0.6) is 0 Å². The highest BCUT2D eigenvalue weighted by Crippen LogP contribution is 2.47. The number of alkyl halides is 5. The first-order valence-corrected chi connectivity index (χ1v) is 7.39. The molecule has 19 heavy (non-hydrogen) atoms. The van der Waals surface area contributed by atoms with Crippen molar-refractivity contribution in [2.45, 2.75) is 43.3 Å². The van der Waals surface area contributed by atoms with E-state index in [-0.39, 0.29) is 11.9 Å². The summed E-state index contributed by atoms with van der Waals surface area (Å²) in [6.45, 7) is -1.54. The van der Waals surface area contributed by atoms with Crippen molar-refractivity contribution in [2.75, 3.05) is 19.8 Å². The highest BCUT2D eigenvalue weighted by atomic mass is 32.2. The topological polar surface area (TPSA) is 3.24 Å². The SMILES string of the molecule is FCC(F)(F)C(F)(F)SN1CCC2CCCCC2C1. The molecule has 0 aromatic heterocycles. The lowest BCUT2D eigenvalue weighted by Gasteiger charge is -2.41. The van der Waals surface area contributed by atoms with Gasteiger partial charge in [-0.05, 0) is 24.7 Å². The zero-order valence-electron chi connectivity index (χ0n) is 10.6. The van der Waals surface area contributed by atoms with Crippen molar-refractivity contribution in [1.29, 1.82) is 0 Å². The first kappa shape index (κ1) is 15.4. The third-order valence-corrected chi connectivity index (χ3v) is 5.21. The van der Waals surface area contributed by atoms with Crippen LogP contribution in [-0.4, -0.2) is 35.2 Å². The standard InChI is InChI=1S/C12H18F5NS/c13-8-11(14,15)12(16,17)19-18-6-5-9-3-1-2-4-10(9)7-18/h9-10H,1-8H2. The van der Waals surface area contributed by atoms with E-state index in [0.717, 1.165) is 25.7 Å². The van der Waals surface area contributed by atoms with Crippen LogP contribution < -0.4 is 0 Å². The molecule has 0 radical (unpaired) electrons. The molecule has 112 valence electrons. The Bertz CT molecular complexity index is 312. The number of nitrogens with zero attached hydrogens (tertiary/aromatic N) is 1. The first-order chi connectivity index (χ1) is 8.86. The predicted octanol–water partition coefficient (Wildman–Crippen LogP) is 4.34. The summed E-state index contributed by atoms with van der Waals surface area (Å²) in [6, 6.07) is 0. The van der Waals surface area contributed by atoms with Crippen LogP contribution in [0.4, 0.5) is 22.0 Å². The van der Waals surface area contributed by atoms with Crippen LogP contribution in [0.25, 0.3) is 0 Å². The van der Waals surface area contributed by atoms with Crippen LogP contribution in [0.1, 0.15) is 32.1 Å². The molecule has 0 amide bonds. The van der Waals surface area contributed by atoms with Crippen molar-refractivity contribution in [2.24, 2.45) is 11.8 Å². The molecule has 1 aliphatic carbocycles. The normalized spacial score (nSPS) is 30.2. The lowest BCUT2D eigenvalue weighted by molar-refractivity contribution is -0.162. The molecule has 1 saturated heterocycles. The summed E-state index contributed by atoms with van der Waals surface area (Å²) in [5.74, 6) is -3.73. The van der Waals surface area contributed by atoms with E-state index in [1.807, 2.05) is 0 Å². The Morgan fingerprint density at radius 3 is 2.26 bits per heavy atom. The maximum Gasteiger partial charge on any atom is 0.372 e. The zero-order valence-corrected chi connectivity index (χ0v) is 11.4. The van der Waals surface area contributed by atoms with Crippen molar-refractivity contribution >= 4 is 11.9 Å². The van der Waals surface area contributed by atoms with Crippen LogP contribution in [0.15, 0.2) is 0 Å². The van der Waals surface area contributed by atoms with E-state index in [1.165, 1.54) is 10.7 Å². The molecule has 1 nitrogen and oxygen atoms in total. The van der Waals surface area contributed by atoms with Crippen LogP contribution in [-0.2, 0) is 0 Å². The average molecular weight is 303 g/mol. The van der Waals surface area contributed by atoms with Gasteiger partial charge in [0.15, 0.2) is 6.67 Å². The molecule has 2 atom stereocenters. The Morgan fingerprint density at radius 2 is 1.63 bits per heavy atom. The van der Waals surface area contributed by atoms with Gasteiger partial charge in [0, 0.05) is 25.0 Å². The quantitative estimate of drug-likeness (QED) is 0.561. The first-order valence-electron chi connectivity index (χ1n) is 6.61. The number of rotatable bonds is 4. The molecule has 2 fully saturated rings. The zero-order chi connectivity index (χ0) is 14.1. The summed E-state index contributed by atoms with van der Waals surface area (Å²) in [5.41, 5.74) is 0. The molecule has 0 spiro atoms. The van der Waals surface area contributed by atoms with Crippen LogP contribution in [0.3, 0.4) is 0 Å². The lowest BCUT2D eigenvalue weighted by Crippen LogP contribution is -2.45. The van der Waals surface area contributed by atoms with Crippen molar-refractivity contribution in [1.82, 2.24) is 4.31 Å². The Morgan fingerprint density at radius 1 is 1.00 bits per heavy atom. The van der Waals surface area contributed by atoms with Crippen LogP contribution in [0, 0.1) is 11.8 Å². The van der Waals surface area contributed by atoms with Gasteiger partial charge in [-0.1, -0.05) is 19.3 Å². The molecular formula is C12H18F5NS. The molecule has 2 rings (SSSR count). The van der Waals surface area contributed by atoms with Gasteiger partial charge in [-0.15, -0.1) is 0 Å². The van der Waals surface area contributed by atoms with E-state index in [4.69, 9.17) is 0 Å². The third kappa shape index (κ3) is 3.35. The van der Waals surface area contributed by atoms with Gasteiger partial charge in [0.25, 0.3) is 0 Å². The van der Waals surface area contributed by atoms with E-state index >= 15 is 0 Å². The van der Waals surface area contributed by atoms with Gasteiger partial charge in [-0.3, -0.25) is 0 Å². The maximum absolute atomic E-state index is 13.3. The largest absolute Gasteiger partial charge is 0.372 e. The second-order valence-electron chi connectivity index (χ2n) is 5.43. The number of piperidine rings is 1. The molecule has 1 saturated carbocycles. The minimum Gasteiger partial charge on any atom is -0.245 e. The fraction of sp³-hybridized carbons (Fsp3) is 1.00. The van der Waals surface area contributed by atoms with E-state index in [0.29, 0.717) is 24.9 Å². The summed E-state index contributed by atoms with van der Waals surface area (Å²) >= 11 is -0.180. The van der Waals surface area contributed by atoms with Gasteiger partial charge in [0.2, 0.25) is 0 Å². The van der Waals surface area contributed by atoms with Gasteiger partial charge in [-0.25, -0.2) is 8.70 Å². The Balaban J connectivity index is 1.93. The number of hydrogen-bond donors (Lipinski definition) is 0. The molecule has 2 unspecified atom stereocenters. The Kier molecular flexibility index (Phi) is 4.65. The summed E-state index contributed by atoms with van der Waals surface area (Å²) in [5, 5.41) is -4.37. The number of fused-ring (bicyclic) bond motifs is 1. The van der Waals surface area contributed by atoms with Crippen molar-refractivity contribution < 1.29 is 22.0 Å². The summed E-state index contributed by atoms with van der Waals surface area (Å²) < 4.78 is 65.7. The maximum atomic E-state index is 13.3. The Hall–Kier alpha value is -0.0400. The molecular weight excluding hydrogens is 285 g/mol. The van der Waals surface area contributed by atoms with E-state index in [9.17, 15) is 22.0 Å². The van der Waals surface area contributed by atoms with Crippen LogP contribution in [0.2, 0.25) is 0 Å². The molecule has 0 bridgehead atoms. The lowest BCUT2D eigenvalue weighted by atomic mass is 9.76. The highest BCUT2D eigenvalue weighted by Gasteiger charge is 2.58. The van der Waals surface area contributed by atoms with Gasteiger partial charge in [-0.2, -0.15) is 17.6 Å². The van der Waals surface area contributed by atoms with Crippen molar-refractivity contribution in [3.63, 3.8) is 0 Å². The van der Waals surface area contributed by atoms with E-state index in [2.05, 4.69) is 0 Å².